The molecule has 4 aromatic rings. The van der Waals surface area contributed by atoms with Gasteiger partial charge in [-0.1, -0.05) is 32.9 Å². The Morgan fingerprint density at radius 2 is 1.56 bits per heavy atom. The van der Waals surface area contributed by atoms with Crippen molar-refractivity contribution in [2.75, 3.05) is 10.6 Å². The van der Waals surface area contributed by atoms with E-state index < -0.39 is 28.4 Å². The monoisotopic (exact) mass is 557 g/mol. The van der Waals surface area contributed by atoms with Crippen molar-refractivity contribution in [2.24, 2.45) is 0 Å². The van der Waals surface area contributed by atoms with Gasteiger partial charge in [-0.15, -0.1) is 0 Å². The number of nitrogens with zero attached hydrogens (tertiary/aromatic N) is 3. The van der Waals surface area contributed by atoms with Gasteiger partial charge < -0.3 is 15.4 Å². The van der Waals surface area contributed by atoms with Gasteiger partial charge in [-0.05, 0) is 68.1 Å². The molecular formula is C30H31N5O6. The smallest absolute Gasteiger partial charge is 0.435 e. The summed E-state index contributed by atoms with van der Waals surface area (Å²) in [6.07, 6.45) is 0.829. The maximum atomic E-state index is 13.3. The Labute approximate surface area is 236 Å². The first-order valence-corrected chi connectivity index (χ1v) is 12.9. The molecule has 1 heterocycles. The molecule has 0 fully saturated rings. The molecular weight excluding hydrogens is 526 g/mol. The van der Waals surface area contributed by atoms with Crippen LogP contribution in [0.2, 0.25) is 0 Å². The van der Waals surface area contributed by atoms with Crippen LogP contribution in [0, 0.1) is 10.1 Å². The van der Waals surface area contributed by atoms with Crippen LogP contribution in [0.25, 0.3) is 10.9 Å². The maximum absolute atomic E-state index is 13.3. The Bertz CT molecular complexity index is 1660. The zero-order valence-corrected chi connectivity index (χ0v) is 23.6. The first kappa shape index (κ1) is 28.9. The number of carbonyl (C=O) groups excluding carboxylic acids is 3. The second kappa shape index (κ2) is 10.8. The highest BCUT2D eigenvalue weighted by atomic mass is 16.6. The summed E-state index contributed by atoms with van der Waals surface area (Å²) in [5.74, 6) is -1.15. The Morgan fingerprint density at radius 1 is 0.878 bits per heavy atom. The molecule has 0 aliphatic heterocycles. The van der Waals surface area contributed by atoms with Crippen LogP contribution in [0.1, 0.15) is 67.8 Å². The number of rotatable bonds is 5. The fraction of sp³-hybridized carbons (Fsp3) is 0.267. The molecule has 0 aliphatic carbocycles. The summed E-state index contributed by atoms with van der Waals surface area (Å²) in [6, 6.07) is 15.5. The van der Waals surface area contributed by atoms with Crippen LogP contribution in [0.5, 0.6) is 0 Å². The molecule has 0 atom stereocenters. The largest absolute Gasteiger partial charge is 0.442 e. The average molecular weight is 558 g/mol. The highest BCUT2D eigenvalue weighted by molar-refractivity contribution is 6.13. The Kier molecular flexibility index (Phi) is 7.65. The molecule has 11 heteroatoms. The van der Waals surface area contributed by atoms with Crippen LogP contribution in [-0.2, 0) is 10.2 Å². The predicted molar refractivity (Wildman–Crippen MR) is 156 cm³/mol. The van der Waals surface area contributed by atoms with Crippen molar-refractivity contribution in [3.8, 4) is 0 Å². The number of non-ortho nitro benzene ring substituents is 1. The number of benzene rings is 3. The zero-order chi connectivity index (χ0) is 30.1. The van der Waals surface area contributed by atoms with E-state index in [1.165, 1.54) is 18.3 Å². The topological polar surface area (TPSA) is 145 Å². The second-order valence-electron chi connectivity index (χ2n) is 11.5. The summed E-state index contributed by atoms with van der Waals surface area (Å²) in [7, 11) is 0. The van der Waals surface area contributed by atoms with E-state index in [0.29, 0.717) is 22.2 Å². The fourth-order valence-corrected chi connectivity index (χ4v) is 4.01. The van der Waals surface area contributed by atoms with Crippen molar-refractivity contribution >= 4 is 45.9 Å². The van der Waals surface area contributed by atoms with E-state index in [1.54, 1.807) is 51.1 Å². The van der Waals surface area contributed by atoms with Crippen molar-refractivity contribution in [1.29, 1.82) is 0 Å². The lowest BCUT2D eigenvalue weighted by Crippen LogP contribution is -2.27. The van der Waals surface area contributed by atoms with Crippen LogP contribution in [0.15, 0.2) is 66.9 Å². The molecule has 3 aromatic carbocycles. The summed E-state index contributed by atoms with van der Waals surface area (Å²) in [6.45, 7) is 11.4. The molecule has 1 aromatic heterocycles. The molecule has 41 heavy (non-hydrogen) atoms. The summed E-state index contributed by atoms with van der Waals surface area (Å²) >= 11 is 0. The van der Waals surface area contributed by atoms with Gasteiger partial charge in [-0.2, -0.15) is 9.78 Å². The van der Waals surface area contributed by atoms with Crippen molar-refractivity contribution < 1.29 is 24.0 Å². The van der Waals surface area contributed by atoms with E-state index >= 15 is 0 Å². The molecule has 2 N–H and O–H groups in total. The lowest BCUT2D eigenvalue weighted by molar-refractivity contribution is -0.384. The summed E-state index contributed by atoms with van der Waals surface area (Å²) in [4.78, 5) is 49.8. The number of amides is 2. The number of hydrogen-bond donors (Lipinski definition) is 2. The lowest BCUT2D eigenvalue weighted by Gasteiger charge is -2.19. The normalized spacial score (nSPS) is 11.7. The predicted octanol–water partition coefficient (Wildman–Crippen LogP) is 6.53. The Balaban J connectivity index is 1.61. The van der Waals surface area contributed by atoms with Gasteiger partial charge in [0.1, 0.15) is 5.60 Å². The number of hydrogen-bond acceptors (Lipinski definition) is 7. The maximum Gasteiger partial charge on any atom is 0.435 e. The summed E-state index contributed by atoms with van der Waals surface area (Å²) in [5, 5.41) is 21.5. The molecule has 0 unspecified atom stereocenters. The van der Waals surface area contributed by atoms with Gasteiger partial charge in [-0.25, -0.2) is 4.79 Å². The van der Waals surface area contributed by atoms with E-state index in [2.05, 4.69) is 36.5 Å². The van der Waals surface area contributed by atoms with Crippen molar-refractivity contribution in [3.05, 3.63) is 93.7 Å². The number of nitro groups is 1. The number of carbonyl (C=O) groups is 3. The molecule has 0 saturated heterocycles. The van der Waals surface area contributed by atoms with E-state index in [1.807, 2.05) is 12.1 Å². The van der Waals surface area contributed by atoms with Crippen LogP contribution in [-0.4, -0.2) is 38.2 Å². The minimum Gasteiger partial charge on any atom is -0.442 e. The van der Waals surface area contributed by atoms with Crippen LogP contribution in [0.3, 0.4) is 0 Å². The molecule has 0 aliphatic rings. The molecule has 4 rings (SSSR count). The zero-order valence-electron chi connectivity index (χ0n) is 23.6. The van der Waals surface area contributed by atoms with Crippen molar-refractivity contribution in [1.82, 2.24) is 9.78 Å². The highest BCUT2D eigenvalue weighted by Crippen LogP contribution is 2.27. The third-order valence-electron chi connectivity index (χ3n) is 6.12. The van der Waals surface area contributed by atoms with E-state index in [0.717, 1.165) is 16.3 Å². The van der Waals surface area contributed by atoms with Gasteiger partial charge in [0.05, 0.1) is 27.9 Å². The second-order valence-corrected chi connectivity index (χ2v) is 11.5. The standard InChI is InChI=1S/C30H31N5O6/c1-29(2,3)20-10-7-18(8-11-20)26(36)33-24-16-22(35(39)40)13-14-23(24)27(37)32-21-12-9-19-17-31-34(25(19)15-21)28(38)41-30(4,5)6/h7-17H,1-6H3,(H,32,37)(H,33,36). The van der Waals surface area contributed by atoms with Crippen molar-refractivity contribution in [2.45, 2.75) is 52.6 Å². The van der Waals surface area contributed by atoms with Gasteiger partial charge in [0, 0.05) is 28.8 Å². The highest BCUT2D eigenvalue weighted by Gasteiger charge is 2.22. The number of aromatic nitrogens is 2. The number of nitro benzene ring substituents is 1. The number of fused-ring (bicyclic) bond motifs is 1. The summed E-state index contributed by atoms with van der Waals surface area (Å²) < 4.78 is 6.50. The first-order valence-electron chi connectivity index (χ1n) is 12.9. The van der Waals surface area contributed by atoms with E-state index in [4.69, 9.17) is 4.74 Å². The van der Waals surface area contributed by atoms with Gasteiger partial charge in [0.15, 0.2) is 0 Å². The fourth-order valence-electron chi connectivity index (χ4n) is 4.01. The van der Waals surface area contributed by atoms with E-state index in [-0.39, 0.29) is 22.4 Å². The molecule has 0 saturated carbocycles. The number of ether oxygens (including phenoxy) is 1. The SMILES string of the molecule is CC(C)(C)OC(=O)n1ncc2ccc(NC(=O)c3ccc([N+](=O)[O-])cc3NC(=O)c3ccc(C(C)(C)C)cc3)cc21. The minimum absolute atomic E-state index is 0.0102. The van der Waals surface area contributed by atoms with Gasteiger partial charge in [-0.3, -0.25) is 19.7 Å². The molecule has 0 bridgehead atoms. The van der Waals surface area contributed by atoms with E-state index in [9.17, 15) is 24.5 Å². The molecule has 212 valence electrons. The van der Waals surface area contributed by atoms with Gasteiger partial charge in [0.2, 0.25) is 0 Å². The Hall–Kier alpha value is -5.06. The van der Waals surface area contributed by atoms with Gasteiger partial charge >= 0.3 is 6.09 Å². The van der Waals surface area contributed by atoms with Crippen LogP contribution >= 0.6 is 0 Å². The molecule has 0 spiro atoms. The average Bonchev–Trinajstić information content (AvgIpc) is 3.30. The third kappa shape index (κ3) is 6.75. The Morgan fingerprint density at radius 3 is 2.17 bits per heavy atom. The number of anilines is 2. The van der Waals surface area contributed by atoms with Crippen LogP contribution in [0.4, 0.5) is 21.9 Å². The van der Waals surface area contributed by atoms with Crippen LogP contribution < -0.4 is 10.6 Å². The lowest BCUT2D eigenvalue weighted by atomic mass is 9.86. The first-order chi connectivity index (χ1) is 19.1. The summed E-state index contributed by atoms with van der Waals surface area (Å²) in [5.41, 5.74) is 0.973. The molecule has 0 radical (unpaired) electrons. The minimum atomic E-state index is -0.730. The quantitative estimate of drug-likeness (QED) is 0.209. The van der Waals surface area contributed by atoms with Crippen molar-refractivity contribution in [3.63, 3.8) is 0 Å². The molecule has 2 amide bonds. The molecule has 11 nitrogen and oxygen atoms in total. The van der Waals surface area contributed by atoms with Gasteiger partial charge in [0.25, 0.3) is 17.5 Å². The third-order valence-corrected chi connectivity index (χ3v) is 6.12. The number of nitrogens with one attached hydrogen (secondary N) is 2.